The molecule has 24 heavy (non-hydrogen) atoms. The third kappa shape index (κ3) is 2.84. The van der Waals surface area contributed by atoms with Crippen molar-refractivity contribution < 1.29 is 19.0 Å². The Morgan fingerprint density at radius 3 is 2.62 bits per heavy atom. The molecule has 6 heteroatoms. The molecule has 0 aromatic heterocycles. The molecule has 2 fully saturated rings. The number of carbonyl (C=O) groups is 1. The Bertz CT molecular complexity index is 648. The highest BCUT2D eigenvalue weighted by Crippen LogP contribution is 2.34. The Balaban J connectivity index is 1.61. The van der Waals surface area contributed by atoms with Crippen molar-refractivity contribution in [1.29, 1.82) is 0 Å². The number of benzene rings is 1. The largest absolute Gasteiger partial charge is 0.486 e. The van der Waals surface area contributed by atoms with Gasteiger partial charge in [0.1, 0.15) is 13.2 Å². The molecule has 1 aromatic carbocycles. The minimum absolute atomic E-state index is 0.0803. The van der Waals surface area contributed by atoms with E-state index in [4.69, 9.17) is 14.2 Å². The van der Waals surface area contributed by atoms with Crippen LogP contribution in [0.2, 0.25) is 0 Å². The number of aryl methyl sites for hydroxylation is 1. The van der Waals surface area contributed by atoms with Gasteiger partial charge in [0, 0.05) is 31.1 Å². The normalized spacial score (nSPS) is 26.8. The van der Waals surface area contributed by atoms with Gasteiger partial charge in [-0.25, -0.2) is 0 Å². The average molecular weight is 332 g/mol. The van der Waals surface area contributed by atoms with Crippen molar-refractivity contribution in [2.75, 3.05) is 53.1 Å². The second-order valence-electron chi connectivity index (χ2n) is 7.02. The van der Waals surface area contributed by atoms with Crippen LogP contribution < -0.4 is 9.47 Å². The molecule has 1 amide bonds. The maximum atomic E-state index is 13.2. The summed E-state index contributed by atoms with van der Waals surface area (Å²) in [4.78, 5) is 17.5. The Morgan fingerprint density at radius 2 is 1.83 bits per heavy atom. The van der Waals surface area contributed by atoms with Crippen LogP contribution in [0.4, 0.5) is 0 Å². The van der Waals surface area contributed by atoms with E-state index >= 15 is 0 Å². The fraction of sp³-hybridized carbons (Fsp3) is 0.611. The van der Waals surface area contributed by atoms with E-state index in [0.717, 1.165) is 31.0 Å². The van der Waals surface area contributed by atoms with Crippen molar-refractivity contribution in [2.45, 2.75) is 13.0 Å². The van der Waals surface area contributed by atoms with E-state index in [1.54, 1.807) is 0 Å². The SMILES string of the molecule is Cc1cc2c(cc1C(=O)N1C[C@@H]3COC[C@H](C1)N(C)C3)OCCO2. The third-order valence-electron chi connectivity index (χ3n) is 5.15. The molecule has 3 aliphatic rings. The summed E-state index contributed by atoms with van der Waals surface area (Å²) in [5, 5.41) is 0. The molecule has 6 nitrogen and oxygen atoms in total. The standard InChI is InChI=1S/C18H24N2O4/c1-12-5-16-17(24-4-3-23-16)6-15(12)18(21)20-8-13-7-19(2)14(9-20)11-22-10-13/h5-6,13-14H,3-4,7-11H2,1-2H3/t13-,14+/m1/s1. The molecule has 4 rings (SSSR count). The first-order valence-corrected chi connectivity index (χ1v) is 8.59. The van der Waals surface area contributed by atoms with Crippen LogP contribution in [0.3, 0.4) is 0 Å². The molecule has 0 aliphatic carbocycles. The predicted octanol–water partition coefficient (Wildman–Crippen LogP) is 1.17. The molecular formula is C18H24N2O4. The van der Waals surface area contributed by atoms with Crippen LogP contribution in [0.5, 0.6) is 11.5 Å². The summed E-state index contributed by atoms with van der Waals surface area (Å²) in [6.07, 6.45) is 0. The zero-order valence-electron chi connectivity index (χ0n) is 14.3. The van der Waals surface area contributed by atoms with Gasteiger partial charge in [-0.1, -0.05) is 0 Å². The van der Waals surface area contributed by atoms with Gasteiger partial charge in [0.25, 0.3) is 5.91 Å². The molecule has 0 spiro atoms. The van der Waals surface area contributed by atoms with E-state index in [1.807, 2.05) is 24.0 Å². The number of hydrogen-bond acceptors (Lipinski definition) is 5. The van der Waals surface area contributed by atoms with E-state index in [2.05, 4.69) is 11.9 Å². The average Bonchev–Trinajstić information content (AvgIpc) is 2.82. The summed E-state index contributed by atoms with van der Waals surface area (Å²) in [5.41, 5.74) is 1.64. The molecule has 0 saturated carbocycles. The number of likely N-dealkylation sites (N-methyl/N-ethyl adjacent to an activating group) is 1. The Labute approximate surface area is 142 Å². The molecule has 2 saturated heterocycles. The van der Waals surface area contributed by atoms with Crippen LogP contribution in [-0.4, -0.2) is 74.9 Å². The number of ether oxygens (including phenoxy) is 3. The lowest BCUT2D eigenvalue weighted by molar-refractivity contribution is 0.0433. The molecule has 130 valence electrons. The van der Waals surface area contributed by atoms with Gasteiger partial charge in [0.05, 0.1) is 19.3 Å². The van der Waals surface area contributed by atoms with E-state index < -0.39 is 0 Å². The second-order valence-corrected chi connectivity index (χ2v) is 7.02. The van der Waals surface area contributed by atoms with Crippen molar-refractivity contribution in [3.05, 3.63) is 23.3 Å². The molecule has 3 heterocycles. The lowest BCUT2D eigenvalue weighted by atomic mass is 10.0. The van der Waals surface area contributed by atoms with Gasteiger partial charge in [-0.15, -0.1) is 0 Å². The third-order valence-corrected chi connectivity index (χ3v) is 5.15. The topological polar surface area (TPSA) is 51.2 Å². The zero-order chi connectivity index (χ0) is 16.7. The number of carbonyl (C=O) groups excluding carboxylic acids is 1. The van der Waals surface area contributed by atoms with Crippen LogP contribution in [0.15, 0.2) is 12.1 Å². The zero-order valence-corrected chi connectivity index (χ0v) is 14.3. The minimum atomic E-state index is 0.0803. The van der Waals surface area contributed by atoms with Crippen LogP contribution in [0, 0.1) is 12.8 Å². The van der Waals surface area contributed by atoms with E-state index in [0.29, 0.717) is 43.6 Å². The molecule has 0 radical (unpaired) electrons. The number of amides is 1. The number of nitrogens with zero attached hydrogens (tertiary/aromatic N) is 2. The maximum Gasteiger partial charge on any atom is 0.254 e. The van der Waals surface area contributed by atoms with Crippen molar-refractivity contribution in [2.24, 2.45) is 5.92 Å². The molecule has 2 atom stereocenters. The van der Waals surface area contributed by atoms with Crippen molar-refractivity contribution in [3.8, 4) is 11.5 Å². The first-order valence-electron chi connectivity index (χ1n) is 8.59. The fourth-order valence-electron chi connectivity index (χ4n) is 3.81. The van der Waals surface area contributed by atoms with Gasteiger partial charge in [0.15, 0.2) is 11.5 Å². The Morgan fingerprint density at radius 1 is 1.08 bits per heavy atom. The van der Waals surface area contributed by atoms with E-state index in [9.17, 15) is 4.79 Å². The summed E-state index contributed by atoms with van der Waals surface area (Å²) in [5.74, 6) is 1.85. The van der Waals surface area contributed by atoms with Crippen LogP contribution >= 0.6 is 0 Å². The van der Waals surface area contributed by atoms with Crippen molar-refractivity contribution >= 4 is 5.91 Å². The van der Waals surface area contributed by atoms with Crippen molar-refractivity contribution in [3.63, 3.8) is 0 Å². The summed E-state index contributed by atoms with van der Waals surface area (Å²) in [7, 11) is 2.12. The van der Waals surface area contributed by atoms with Crippen molar-refractivity contribution in [1.82, 2.24) is 9.80 Å². The van der Waals surface area contributed by atoms with Crippen LogP contribution in [-0.2, 0) is 4.74 Å². The van der Waals surface area contributed by atoms with E-state index in [1.165, 1.54) is 0 Å². The first-order chi connectivity index (χ1) is 11.6. The van der Waals surface area contributed by atoms with Crippen LogP contribution in [0.25, 0.3) is 0 Å². The number of rotatable bonds is 1. The maximum absolute atomic E-state index is 13.2. The quantitative estimate of drug-likeness (QED) is 0.773. The highest BCUT2D eigenvalue weighted by Gasteiger charge is 2.34. The highest BCUT2D eigenvalue weighted by molar-refractivity contribution is 5.96. The lowest BCUT2D eigenvalue weighted by Gasteiger charge is -2.30. The predicted molar refractivity (Wildman–Crippen MR) is 88.8 cm³/mol. The first kappa shape index (κ1) is 15.7. The molecule has 0 N–H and O–H groups in total. The Hall–Kier alpha value is -1.79. The Kier molecular flexibility index (Phi) is 4.10. The van der Waals surface area contributed by atoms with Gasteiger partial charge >= 0.3 is 0 Å². The molecule has 1 aromatic rings. The summed E-state index contributed by atoms with van der Waals surface area (Å²) in [6, 6.07) is 4.02. The number of fused-ring (bicyclic) bond motifs is 4. The fourth-order valence-corrected chi connectivity index (χ4v) is 3.81. The molecular weight excluding hydrogens is 308 g/mol. The summed E-state index contributed by atoms with van der Waals surface area (Å²) < 4.78 is 17.0. The molecule has 2 bridgehead atoms. The van der Waals surface area contributed by atoms with Gasteiger partial charge < -0.3 is 19.1 Å². The van der Waals surface area contributed by atoms with Gasteiger partial charge in [-0.2, -0.15) is 0 Å². The molecule has 0 unspecified atom stereocenters. The molecule has 3 aliphatic heterocycles. The van der Waals surface area contributed by atoms with Gasteiger partial charge in [0.2, 0.25) is 0 Å². The lowest BCUT2D eigenvalue weighted by Crippen LogP contribution is -2.44. The van der Waals surface area contributed by atoms with Gasteiger partial charge in [-0.3, -0.25) is 9.69 Å². The van der Waals surface area contributed by atoms with Crippen LogP contribution in [0.1, 0.15) is 15.9 Å². The monoisotopic (exact) mass is 332 g/mol. The smallest absolute Gasteiger partial charge is 0.254 e. The summed E-state index contributed by atoms with van der Waals surface area (Å²) >= 11 is 0. The van der Waals surface area contributed by atoms with E-state index in [-0.39, 0.29) is 11.9 Å². The summed E-state index contributed by atoms with van der Waals surface area (Å²) in [6.45, 7) is 6.89. The van der Waals surface area contributed by atoms with Gasteiger partial charge in [-0.05, 0) is 31.7 Å². The second kappa shape index (κ2) is 6.26. The number of hydrogen-bond donors (Lipinski definition) is 0. The highest BCUT2D eigenvalue weighted by atomic mass is 16.6. The minimum Gasteiger partial charge on any atom is -0.486 e.